The molecule has 0 spiro atoms. The average molecular weight is 322 g/mol. The maximum atomic E-state index is 13.1. The minimum Gasteiger partial charge on any atom is -0.361 e. The van der Waals surface area contributed by atoms with Gasteiger partial charge in [0, 0.05) is 29.7 Å². The van der Waals surface area contributed by atoms with Crippen molar-refractivity contribution in [1.82, 2.24) is 10.3 Å². The molecule has 3 rings (SSSR count). The van der Waals surface area contributed by atoms with Crippen LogP contribution in [0, 0.1) is 12.7 Å². The van der Waals surface area contributed by atoms with Gasteiger partial charge in [-0.25, -0.2) is 4.39 Å². The standard InChI is InChI=1S/C20H19FN2O/c1-14-5-7-19-18(11-14)16(13-23-19)9-10-22-20(24)8-6-15-3-2-4-17(21)12-15/h2-8,11-13,23H,9-10H2,1H3,(H,22,24)/b8-6+. The zero-order chi connectivity index (χ0) is 16.9. The molecule has 2 N–H and O–H groups in total. The van der Waals surface area contributed by atoms with E-state index in [1.165, 1.54) is 34.7 Å². The van der Waals surface area contributed by atoms with Gasteiger partial charge in [0.1, 0.15) is 5.82 Å². The van der Waals surface area contributed by atoms with Crippen LogP contribution >= 0.6 is 0 Å². The molecule has 0 saturated carbocycles. The summed E-state index contributed by atoms with van der Waals surface area (Å²) in [6, 6.07) is 12.4. The smallest absolute Gasteiger partial charge is 0.244 e. The van der Waals surface area contributed by atoms with E-state index in [-0.39, 0.29) is 11.7 Å². The Balaban J connectivity index is 1.55. The van der Waals surface area contributed by atoms with Gasteiger partial charge in [-0.05, 0) is 54.8 Å². The number of rotatable bonds is 5. The minimum atomic E-state index is -0.313. The Morgan fingerprint density at radius 3 is 2.96 bits per heavy atom. The number of aromatic amines is 1. The number of amides is 1. The molecule has 0 fully saturated rings. The van der Waals surface area contributed by atoms with Crippen molar-refractivity contribution in [3.8, 4) is 0 Å². The maximum Gasteiger partial charge on any atom is 0.244 e. The Morgan fingerprint density at radius 1 is 1.25 bits per heavy atom. The fourth-order valence-corrected chi connectivity index (χ4v) is 2.66. The molecule has 0 bridgehead atoms. The zero-order valence-corrected chi connectivity index (χ0v) is 13.5. The summed E-state index contributed by atoms with van der Waals surface area (Å²) < 4.78 is 13.1. The molecule has 0 radical (unpaired) electrons. The van der Waals surface area contributed by atoms with E-state index in [1.807, 2.05) is 6.20 Å². The Bertz CT molecular complexity index is 896. The quantitative estimate of drug-likeness (QED) is 0.686. The zero-order valence-electron chi connectivity index (χ0n) is 13.5. The predicted octanol–water partition coefficient (Wildman–Crippen LogP) is 3.99. The molecule has 3 nitrogen and oxygen atoms in total. The number of benzene rings is 2. The Kier molecular flexibility index (Phi) is 4.75. The fraction of sp³-hybridized carbons (Fsp3) is 0.150. The van der Waals surface area contributed by atoms with E-state index in [1.54, 1.807) is 18.2 Å². The molecule has 0 aliphatic rings. The second-order valence-electron chi connectivity index (χ2n) is 5.79. The van der Waals surface area contributed by atoms with E-state index in [2.05, 4.69) is 35.4 Å². The highest BCUT2D eigenvalue weighted by atomic mass is 19.1. The van der Waals surface area contributed by atoms with Gasteiger partial charge in [-0.2, -0.15) is 0 Å². The summed E-state index contributed by atoms with van der Waals surface area (Å²) in [5.74, 6) is -0.498. The third-order valence-corrected chi connectivity index (χ3v) is 3.89. The minimum absolute atomic E-state index is 0.185. The Morgan fingerprint density at radius 2 is 2.12 bits per heavy atom. The molecule has 0 aliphatic carbocycles. The summed E-state index contributed by atoms with van der Waals surface area (Å²) in [6.45, 7) is 2.61. The number of hydrogen-bond acceptors (Lipinski definition) is 1. The Hall–Kier alpha value is -2.88. The molecule has 0 unspecified atom stereocenters. The van der Waals surface area contributed by atoms with E-state index in [0.717, 1.165) is 11.9 Å². The van der Waals surface area contributed by atoms with Gasteiger partial charge in [0.25, 0.3) is 0 Å². The first-order chi connectivity index (χ1) is 11.6. The lowest BCUT2D eigenvalue weighted by Gasteiger charge is -2.02. The normalized spacial score (nSPS) is 11.2. The third-order valence-electron chi connectivity index (χ3n) is 3.89. The van der Waals surface area contributed by atoms with E-state index < -0.39 is 0 Å². The predicted molar refractivity (Wildman–Crippen MR) is 95.2 cm³/mol. The van der Waals surface area contributed by atoms with Crippen molar-refractivity contribution in [2.45, 2.75) is 13.3 Å². The number of hydrogen-bond donors (Lipinski definition) is 2. The van der Waals surface area contributed by atoms with Gasteiger partial charge in [0.05, 0.1) is 0 Å². The van der Waals surface area contributed by atoms with Crippen molar-refractivity contribution in [2.75, 3.05) is 6.54 Å². The Labute approximate surface area is 140 Å². The van der Waals surface area contributed by atoms with Gasteiger partial charge in [-0.1, -0.05) is 23.8 Å². The van der Waals surface area contributed by atoms with Crippen molar-refractivity contribution in [3.05, 3.63) is 77.2 Å². The second-order valence-corrected chi connectivity index (χ2v) is 5.79. The van der Waals surface area contributed by atoms with Crippen LogP contribution in [0.5, 0.6) is 0 Å². The summed E-state index contributed by atoms with van der Waals surface area (Å²) in [5, 5.41) is 4.05. The highest BCUT2D eigenvalue weighted by Gasteiger charge is 2.04. The number of aryl methyl sites for hydroxylation is 1. The molecule has 4 heteroatoms. The maximum absolute atomic E-state index is 13.1. The second kappa shape index (κ2) is 7.13. The molecule has 1 aromatic heterocycles. The van der Waals surface area contributed by atoms with E-state index >= 15 is 0 Å². The molecule has 1 heterocycles. The number of carbonyl (C=O) groups is 1. The lowest BCUT2D eigenvalue weighted by molar-refractivity contribution is -0.116. The summed E-state index contributed by atoms with van der Waals surface area (Å²) >= 11 is 0. The average Bonchev–Trinajstić information content (AvgIpc) is 2.95. The van der Waals surface area contributed by atoms with Crippen LogP contribution in [0.1, 0.15) is 16.7 Å². The lowest BCUT2D eigenvalue weighted by atomic mass is 10.1. The number of carbonyl (C=O) groups excluding carboxylic acids is 1. The van der Waals surface area contributed by atoms with Crippen molar-refractivity contribution >= 4 is 22.9 Å². The van der Waals surface area contributed by atoms with Gasteiger partial charge < -0.3 is 10.3 Å². The molecule has 3 aromatic rings. The topological polar surface area (TPSA) is 44.9 Å². The molecule has 0 aliphatic heterocycles. The van der Waals surface area contributed by atoms with Crippen LogP contribution in [0.15, 0.2) is 54.7 Å². The van der Waals surface area contributed by atoms with Crippen LogP contribution < -0.4 is 5.32 Å². The fourth-order valence-electron chi connectivity index (χ4n) is 2.66. The number of aromatic nitrogens is 1. The summed E-state index contributed by atoms with van der Waals surface area (Å²) in [6.07, 6.45) is 5.77. The molecule has 2 aromatic carbocycles. The molecule has 122 valence electrons. The molecule has 1 amide bonds. The molecule has 0 saturated heterocycles. The van der Waals surface area contributed by atoms with Gasteiger partial charge in [-0.15, -0.1) is 0 Å². The number of nitrogens with one attached hydrogen (secondary N) is 2. The first kappa shape index (κ1) is 16.0. The first-order valence-electron chi connectivity index (χ1n) is 7.90. The van der Waals surface area contributed by atoms with Crippen molar-refractivity contribution in [3.63, 3.8) is 0 Å². The molecular formula is C20H19FN2O. The summed E-state index contributed by atoms with van der Waals surface area (Å²) in [5.41, 5.74) is 4.17. The van der Waals surface area contributed by atoms with E-state index in [4.69, 9.17) is 0 Å². The van der Waals surface area contributed by atoms with Crippen LogP contribution in [0.3, 0.4) is 0 Å². The molecule has 0 atom stereocenters. The molecule has 24 heavy (non-hydrogen) atoms. The summed E-state index contributed by atoms with van der Waals surface area (Å²) in [7, 11) is 0. The van der Waals surface area contributed by atoms with Gasteiger partial charge in [0.2, 0.25) is 5.91 Å². The number of H-pyrrole nitrogens is 1. The number of halogens is 1. The van der Waals surface area contributed by atoms with Crippen molar-refractivity contribution < 1.29 is 9.18 Å². The number of fused-ring (bicyclic) bond motifs is 1. The monoisotopic (exact) mass is 322 g/mol. The molecular weight excluding hydrogens is 303 g/mol. The van der Waals surface area contributed by atoms with Crippen LogP contribution in [-0.2, 0) is 11.2 Å². The first-order valence-corrected chi connectivity index (χ1v) is 7.90. The van der Waals surface area contributed by atoms with E-state index in [0.29, 0.717) is 12.1 Å². The van der Waals surface area contributed by atoms with Crippen molar-refractivity contribution in [1.29, 1.82) is 0 Å². The van der Waals surface area contributed by atoms with Gasteiger partial charge in [-0.3, -0.25) is 4.79 Å². The van der Waals surface area contributed by atoms with E-state index in [9.17, 15) is 9.18 Å². The van der Waals surface area contributed by atoms with Gasteiger partial charge in [0.15, 0.2) is 0 Å². The van der Waals surface area contributed by atoms with Crippen LogP contribution in [0.2, 0.25) is 0 Å². The lowest BCUT2D eigenvalue weighted by Crippen LogP contribution is -2.23. The third kappa shape index (κ3) is 3.90. The SMILES string of the molecule is Cc1ccc2[nH]cc(CCNC(=O)/C=C/c3cccc(F)c3)c2c1. The van der Waals surface area contributed by atoms with Crippen LogP contribution in [-0.4, -0.2) is 17.4 Å². The van der Waals surface area contributed by atoms with Crippen molar-refractivity contribution in [2.24, 2.45) is 0 Å². The summed E-state index contributed by atoms with van der Waals surface area (Å²) in [4.78, 5) is 15.1. The van der Waals surface area contributed by atoms with Crippen LogP contribution in [0.25, 0.3) is 17.0 Å². The largest absolute Gasteiger partial charge is 0.361 e. The highest BCUT2D eigenvalue weighted by Crippen LogP contribution is 2.19. The van der Waals surface area contributed by atoms with Crippen LogP contribution in [0.4, 0.5) is 4.39 Å². The van der Waals surface area contributed by atoms with Gasteiger partial charge >= 0.3 is 0 Å². The highest BCUT2D eigenvalue weighted by molar-refractivity contribution is 5.91.